The third-order valence-corrected chi connectivity index (χ3v) is 6.76. The van der Waals surface area contributed by atoms with Gasteiger partial charge in [0.1, 0.15) is 0 Å². The van der Waals surface area contributed by atoms with Gasteiger partial charge in [-0.1, -0.05) is 0 Å². The predicted molar refractivity (Wildman–Crippen MR) is 124 cm³/mol. The topological polar surface area (TPSA) is 52.1 Å². The summed E-state index contributed by atoms with van der Waals surface area (Å²) in [5.74, 6) is 0.909. The molecule has 0 aromatic carbocycles. The molecule has 0 amide bonds. The Kier molecular flexibility index (Phi) is 8.04. The zero-order valence-electron chi connectivity index (χ0n) is 16.1. The van der Waals surface area contributed by atoms with Crippen LogP contribution < -0.4 is 15.5 Å². The summed E-state index contributed by atoms with van der Waals surface area (Å²) in [6, 6.07) is 5.51. The first kappa shape index (κ1) is 21.1. The van der Waals surface area contributed by atoms with Crippen molar-refractivity contribution in [3.05, 3.63) is 17.5 Å². The Morgan fingerprint density at radius 3 is 2.89 bits per heavy atom. The van der Waals surface area contributed by atoms with E-state index in [1.807, 2.05) is 18.4 Å². The maximum absolute atomic E-state index is 6.04. The maximum atomic E-state index is 6.04. The highest BCUT2D eigenvalue weighted by Crippen LogP contribution is 2.25. The number of halogens is 1. The van der Waals surface area contributed by atoms with Crippen molar-refractivity contribution in [2.45, 2.75) is 43.9 Å². The van der Waals surface area contributed by atoms with Gasteiger partial charge in [-0.15, -0.1) is 35.3 Å². The largest absolute Gasteiger partial charge is 0.373 e. The number of hydrogen-bond acceptors (Lipinski definition) is 5. The molecule has 0 aliphatic carbocycles. The van der Waals surface area contributed by atoms with E-state index in [1.54, 1.807) is 0 Å². The standard InChI is InChI=1S/C19H31N5OS.HI/c1-20-19(21-12-17-13-24-8-2-4-16(24)14-25-17)22-15-6-9-23(10-7-15)18-5-3-11-26-18;/h3,5,11,15-17H,2,4,6-10,12-14H2,1H3,(H2,20,21,22);1H. The van der Waals surface area contributed by atoms with Gasteiger partial charge in [-0.25, -0.2) is 0 Å². The van der Waals surface area contributed by atoms with Crippen molar-refractivity contribution in [1.82, 2.24) is 15.5 Å². The summed E-state index contributed by atoms with van der Waals surface area (Å²) < 4.78 is 6.04. The molecule has 6 nitrogen and oxygen atoms in total. The fourth-order valence-corrected chi connectivity index (χ4v) is 5.09. The third kappa shape index (κ3) is 5.48. The number of nitrogens with one attached hydrogen (secondary N) is 2. The molecule has 0 radical (unpaired) electrons. The molecule has 8 heteroatoms. The Balaban J connectivity index is 0.00000210. The van der Waals surface area contributed by atoms with Crippen LogP contribution in [0.25, 0.3) is 0 Å². The Hall–Kier alpha value is -0.580. The number of anilines is 1. The minimum Gasteiger partial charge on any atom is -0.373 e. The van der Waals surface area contributed by atoms with E-state index in [-0.39, 0.29) is 30.1 Å². The molecule has 3 aliphatic heterocycles. The number of hydrogen-bond donors (Lipinski definition) is 2. The van der Waals surface area contributed by atoms with E-state index in [0.717, 1.165) is 51.6 Å². The average molecular weight is 505 g/mol. The molecule has 4 heterocycles. The molecule has 2 unspecified atom stereocenters. The molecule has 152 valence electrons. The Labute approximate surface area is 183 Å². The minimum absolute atomic E-state index is 0. The first-order valence-electron chi connectivity index (χ1n) is 9.93. The zero-order chi connectivity index (χ0) is 17.8. The number of morpholine rings is 1. The smallest absolute Gasteiger partial charge is 0.191 e. The SMILES string of the molecule is CN=C(NCC1CN2CCCC2CO1)NC1CCN(c2cccs2)CC1.I. The van der Waals surface area contributed by atoms with Crippen LogP contribution in [-0.2, 0) is 4.74 Å². The summed E-state index contributed by atoms with van der Waals surface area (Å²) in [7, 11) is 1.86. The van der Waals surface area contributed by atoms with E-state index < -0.39 is 0 Å². The Bertz CT molecular complexity index is 591. The second kappa shape index (κ2) is 10.3. The lowest BCUT2D eigenvalue weighted by Gasteiger charge is -2.36. The number of thiophene rings is 1. The zero-order valence-corrected chi connectivity index (χ0v) is 19.2. The quantitative estimate of drug-likeness (QED) is 0.374. The van der Waals surface area contributed by atoms with Crippen LogP contribution in [0.1, 0.15) is 25.7 Å². The molecule has 4 rings (SSSR count). The van der Waals surface area contributed by atoms with Gasteiger partial charge in [-0.2, -0.15) is 0 Å². The van der Waals surface area contributed by atoms with Crippen LogP contribution in [-0.4, -0.2) is 75.4 Å². The van der Waals surface area contributed by atoms with E-state index in [2.05, 4.69) is 42.9 Å². The molecular weight excluding hydrogens is 473 g/mol. The summed E-state index contributed by atoms with van der Waals surface area (Å²) in [5, 5.41) is 10.6. The summed E-state index contributed by atoms with van der Waals surface area (Å²) in [6.07, 6.45) is 5.18. The van der Waals surface area contributed by atoms with Crippen molar-refractivity contribution < 1.29 is 4.74 Å². The molecule has 27 heavy (non-hydrogen) atoms. The predicted octanol–water partition coefficient (Wildman–Crippen LogP) is 2.36. The van der Waals surface area contributed by atoms with Crippen molar-refractivity contribution in [2.75, 3.05) is 51.3 Å². The van der Waals surface area contributed by atoms with Gasteiger partial charge in [0.15, 0.2) is 5.96 Å². The monoisotopic (exact) mass is 505 g/mol. The molecule has 3 aliphatic rings. The molecule has 0 spiro atoms. The van der Waals surface area contributed by atoms with Crippen molar-refractivity contribution in [2.24, 2.45) is 4.99 Å². The number of ether oxygens (including phenoxy) is 1. The highest BCUT2D eigenvalue weighted by atomic mass is 127. The minimum atomic E-state index is 0. The molecular formula is C19H32IN5OS. The molecule has 0 saturated carbocycles. The third-order valence-electron chi connectivity index (χ3n) is 5.84. The highest BCUT2D eigenvalue weighted by molar-refractivity contribution is 14.0. The van der Waals surface area contributed by atoms with Gasteiger partial charge in [-0.3, -0.25) is 9.89 Å². The lowest BCUT2D eigenvalue weighted by molar-refractivity contribution is -0.0453. The van der Waals surface area contributed by atoms with E-state index in [0.29, 0.717) is 12.1 Å². The van der Waals surface area contributed by atoms with Crippen LogP contribution >= 0.6 is 35.3 Å². The normalized spacial score (nSPS) is 27.1. The number of nitrogens with zero attached hydrogens (tertiary/aromatic N) is 3. The summed E-state index contributed by atoms with van der Waals surface area (Å²) >= 11 is 1.83. The average Bonchev–Trinajstić information content (AvgIpc) is 3.37. The molecule has 3 saturated heterocycles. The highest BCUT2D eigenvalue weighted by Gasteiger charge is 2.32. The van der Waals surface area contributed by atoms with Gasteiger partial charge >= 0.3 is 0 Å². The molecule has 2 N–H and O–H groups in total. The number of guanidine groups is 1. The molecule has 2 atom stereocenters. The first-order valence-corrected chi connectivity index (χ1v) is 10.8. The lowest BCUT2D eigenvalue weighted by Crippen LogP contribution is -2.53. The van der Waals surface area contributed by atoms with Crippen LogP contribution in [0.15, 0.2) is 22.5 Å². The fourth-order valence-electron chi connectivity index (χ4n) is 4.30. The van der Waals surface area contributed by atoms with Crippen LogP contribution in [0.5, 0.6) is 0 Å². The maximum Gasteiger partial charge on any atom is 0.191 e. The van der Waals surface area contributed by atoms with E-state index >= 15 is 0 Å². The van der Waals surface area contributed by atoms with Crippen molar-refractivity contribution in [3.8, 4) is 0 Å². The molecule has 0 bridgehead atoms. The molecule has 1 aromatic heterocycles. The first-order chi connectivity index (χ1) is 12.8. The second-order valence-electron chi connectivity index (χ2n) is 7.56. The van der Waals surface area contributed by atoms with E-state index in [4.69, 9.17) is 4.74 Å². The summed E-state index contributed by atoms with van der Waals surface area (Å²) in [5.41, 5.74) is 0. The van der Waals surface area contributed by atoms with Crippen LogP contribution in [0, 0.1) is 0 Å². The summed E-state index contributed by atoms with van der Waals surface area (Å²) in [4.78, 5) is 9.49. The number of aliphatic imine (C=N–C) groups is 1. The van der Waals surface area contributed by atoms with Crippen molar-refractivity contribution >= 4 is 46.3 Å². The Morgan fingerprint density at radius 2 is 2.15 bits per heavy atom. The number of fused-ring (bicyclic) bond motifs is 1. The van der Waals surface area contributed by atoms with Gasteiger partial charge in [0.05, 0.1) is 17.7 Å². The van der Waals surface area contributed by atoms with Gasteiger partial charge in [0.25, 0.3) is 0 Å². The van der Waals surface area contributed by atoms with Crippen LogP contribution in [0.4, 0.5) is 5.00 Å². The van der Waals surface area contributed by atoms with Crippen molar-refractivity contribution in [1.29, 1.82) is 0 Å². The molecule has 3 fully saturated rings. The Morgan fingerprint density at radius 1 is 1.30 bits per heavy atom. The second-order valence-corrected chi connectivity index (χ2v) is 8.48. The van der Waals surface area contributed by atoms with Crippen molar-refractivity contribution in [3.63, 3.8) is 0 Å². The van der Waals surface area contributed by atoms with Crippen LogP contribution in [0.2, 0.25) is 0 Å². The number of piperidine rings is 1. The molecule has 1 aromatic rings. The fraction of sp³-hybridized carbons (Fsp3) is 0.737. The van der Waals surface area contributed by atoms with Gasteiger partial charge in [0, 0.05) is 45.3 Å². The van der Waals surface area contributed by atoms with Gasteiger partial charge in [0.2, 0.25) is 0 Å². The summed E-state index contributed by atoms with van der Waals surface area (Å²) in [6.45, 7) is 6.22. The van der Waals surface area contributed by atoms with Gasteiger partial charge < -0.3 is 20.3 Å². The van der Waals surface area contributed by atoms with E-state index in [9.17, 15) is 0 Å². The van der Waals surface area contributed by atoms with E-state index in [1.165, 1.54) is 24.4 Å². The van der Waals surface area contributed by atoms with Crippen LogP contribution in [0.3, 0.4) is 0 Å². The number of rotatable bonds is 4. The lowest BCUT2D eigenvalue weighted by atomic mass is 10.1. The van der Waals surface area contributed by atoms with Gasteiger partial charge in [-0.05, 0) is 49.7 Å².